The van der Waals surface area contributed by atoms with Crippen molar-refractivity contribution in [2.75, 3.05) is 0 Å². The molecule has 0 radical (unpaired) electrons. The van der Waals surface area contributed by atoms with E-state index in [1.165, 1.54) is 6.39 Å². The molecule has 0 aliphatic carbocycles. The van der Waals surface area contributed by atoms with Crippen LogP contribution in [0.3, 0.4) is 0 Å². The van der Waals surface area contributed by atoms with Crippen LogP contribution < -0.4 is 0 Å². The summed E-state index contributed by atoms with van der Waals surface area (Å²) < 4.78 is 7.21. The van der Waals surface area contributed by atoms with Crippen LogP contribution in [0.5, 0.6) is 0 Å². The van der Waals surface area contributed by atoms with E-state index < -0.39 is 0 Å². The molecule has 3 rings (SSSR count). The van der Waals surface area contributed by atoms with Crippen molar-refractivity contribution in [3.8, 4) is 11.4 Å². The number of para-hydroxylation sites is 1. The lowest BCUT2D eigenvalue weighted by atomic mass is 10.2. The van der Waals surface area contributed by atoms with E-state index in [9.17, 15) is 0 Å². The van der Waals surface area contributed by atoms with E-state index >= 15 is 0 Å². The first kappa shape index (κ1) is 8.23. The number of fused-ring (bicyclic) bond motifs is 1. The third kappa shape index (κ3) is 1.15. The Kier molecular flexibility index (Phi) is 1.62. The van der Waals surface area contributed by atoms with E-state index in [-0.39, 0.29) is 0 Å². The Morgan fingerprint density at radius 1 is 1.27 bits per heavy atom. The molecule has 0 N–H and O–H groups in total. The molecule has 0 unspecified atom stereocenters. The molecule has 15 heavy (non-hydrogen) atoms. The van der Waals surface area contributed by atoms with Crippen molar-refractivity contribution in [3.63, 3.8) is 0 Å². The number of aryl methyl sites for hydroxylation is 1. The standard InChI is InChI=1S/C11H9N3O/c1-14-6-5-12-11(14)8-3-2-4-9-10(8)13-7-15-9/h2-7H,1H3. The normalized spacial score (nSPS) is 11.0. The maximum Gasteiger partial charge on any atom is 0.182 e. The van der Waals surface area contributed by atoms with Gasteiger partial charge in [0.2, 0.25) is 0 Å². The number of hydrogen-bond acceptors (Lipinski definition) is 3. The van der Waals surface area contributed by atoms with E-state index in [4.69, 9.17) is 4.42 Å². The van der Waals surface area contributed by atoms with Gasteiger partial charge in [-0.2, -0.15) is 0 Å². The highest BCUT2D eigenvalue weighted by Gasteiger charge is 2.10. The predicted octanol–water partition coefficient (Wildman–Crippen LogP) is 2.23. The Morgan fingerprint density at radius 3 is 3.00 bits per heavy atom. The van der Waals surface area contributed by atoms with Crippen molar-refractivity contribution in [2.24, 2.45) is 7.05 Å². The lowest BCUT2D eigenvalue weighted by Crippen LogP contribution is -1.91. The molecule has 3 aromatic rings. The first-order chi connectivity index (χ1) is 7.36. The van der Waals surface area contributed by atoms with Gasteiger partial charge in [0.25, 0.3) is 0 Å². The molecule has 0 aliphatic rings. The molecule has 1 aromatic carbocycles. The minimum absolute atomic E-state index is 0.788. The van der Waals surface area contributed by atoms with Crippen molar-refractivity contribution in [1.82, 2.24) is 14.5 Å². The zero-order valence-electron chi connectivity index (χ0n) is 8.21. The first-order valence-corrected chi connectivity index (χ1v) is 4.66. The van der Waals surface area contributed by atoms with E-state index in [2.05, 4.69) is 9.97 Å². The number of nitrogens with zero attached hydrogens (tertiary/aromatic N) is 3. The second-order valence-corrected chi connectivity index (χ2v) is 3.37. The summed E-state index contributed by atoms with van der Waals surface area (Å²) in [5.41, 5.74) is 2.64. The summed E-state index contributed by atoms with van der Waals surface area (Å²) in [5.74, 6) is 0.898. The third-order valence-electron chi connectivity index (χ3n) is 2.42. The van der Waals surface area contributed by atoms with Gasteiger partial charge in [0.05, 0.1) is 0 Å². The van der Waals surface area contributed by atoms with Gasteiger partial charge in [-0.1, -0.05) is 6.07 Å². The number of hydrogen-bond donors (Lipinski definition) is 0. The van der Waals surface area contributed by atoms with Gasteiger partial charge < -0.3 is 8.98 Å². The molecular formula is C11H9N3O. The highest BCUT2D eigenvalue weighted by atomic mass is 16.3. The van der Waals surface area contributed by atoms with Crippen LogP contribution in [0.4, 0.5) is 0 Å². The van der Waals surface area contributed by atoms with E-state index in [0.717, 1.165) is 22.5 Å². The molecule has 0 amide bonds. The number of rotatable bonds is 1. The topological polar surface area (TPSA) is 43.9 Å². The van der Waals surface area contributed by atoms with Gasteiger partial charge in [-0.05, 0) is 12.1 Å². The van der Waals surface area contributed by atoms with Crippen LogP contribution in [-0.2, 0) is 7.05 Å². The third-order valence-corrected chi connectivity index (χ3v) is 2.42. The summed E-state index contributed by atoms with van der Waals surface area (Å²) in [6, 6.07) is 5.83. The summed E-state index contributed by atoms with van der Waals surface area (Å²) in [6.07, 6.45) is 5.14. The monoisotopic (exact) mass is 199 g/mol. The Bertz CT molecular complexity index is 609. The molecule has 0 saturated carbocycles. The van der Waals surface area contributed by atoms with Crippen LogP contribution in [0, 0.1) is 0 Å². The average molecular weight is 199 g/mol. The molecule has 0 atom stereocenters. The van der Waals surface area contributed by atoms with Crippen molar-refractivity contribution >= 4 is 11.1 Å². The van der Waals surface area contributed by atoms with Gasteiger partial charge >= 0.3 is 0 Å². The average Bonchev–Trinajstić information content (AvgIpc) is 2.85. The van der Waals surface area contributed by atoms with Crippen LogP contribution in [0.25, 0.3) is 22.5 Å². The Hall–Kier alpha value is -2.10. The van der Waals surface area contributed by atoms with Gasteiger partial charge in [-0.3, -0.25) is 0 Å². The molecule has 0 fully saturated rings. The van der Waals surface area contributed by atoms with Gasteiger partial charge in [0.15, 0.2) is 12.0 Å². The summed E-state index contributed by atoms with van der Waals surface area (Å²) in [5, 5.41) is 0. The quantitative estimate of drug-likeness (QED) is 0.603. The van der Waals surface area contributed by atoms with Crippen LogP contribution in [0.2, 0.25) is 0 Å². The molecule has 2 aromatic heterocycles. The van der Waals surface area contributed by atoms with Crippen molar-refractivity contribution in [1.29, 1.82) is 0 Å². The number of aromatic nitrogens is 3. The Morgan fingerprint density at radius 2 is 2.20 bits per heavy atom. The maximum atomic E-state index is 5.25. The fraction of sp³-hybridized carbons (Fsp3) is 0.0909. The number of imidazole rings is 1. The molecular weight excluding hydrogens is 190 g/mol. The molecule has 4 heteroatoms. The molecule has 0 bridgehead atoms. The number of oxazole rings is 1. The Balaban J connectivity index is 2.36. The van der Waals surface area contributed by atoms with Crippen LogP contribution in [0.15, 0.2) is 41.4 Å². The number of benzene rings is 1. The molecule has 0 saturated heterocycles. The fourth-order valence-corrected chi connectivity index (χ4v) is 1.69. The summed E-state index contributed by atoms with van der Waals surface area (Å²) in [6.45, 7) is 0. The molecule has 0 spiro atoms. The second-order valence-electron chi connectivity index (χ2n) is 3.37. The van der Waals surface area contributed by atoms with E-state index in [1.54, 1.807) is 6.20 Å². The molecule has 2 heterocycles. The van der Waals surface area contributed by atoms with Gasteiger partial charge in [-0.25, -0.2) is 9.97 Å². The lowest BCUT2D eigenvalue weighted by molar-refractivity contribution is 0.602. The van der Waals surface area contributed by atoms with Gasteiger partial charge in [-0.15, -0.1) is 0 Å². The highest BCUT2D eigenvalue weighted by molar-refractivity contribution is 5.88. The second kappa shape index (κ2) is 2.95. The first-order valence-electron chi connectivity index (χ1n) is 4.66. The van der Waals surface area contributed by atoms with Gasteiger partial charge in [0.1, 0.15) is 11.3 Å². The molecule has 0 aliphatic heterocycles. The van der Waals surface area contributed by atoms with Gasteiger partial charge in [0, 0.05) is 25.0 Å². The lowest BCUT2D eigenvalue weighted by Gasteiger charge is -2.01. The van der Waals surface area contributed by atoms with Crippen LogP contribution in [0.1, 0.15) is 0 Å². The SMILES string of the molecule is Cn1ccnc1-c1cccc2ocnc12. The summed E-state index contributed by atoms with van der Waals surface area (Å²) in [4.78, 5) is 8.49. The zero-order chi connectivity index (χ0) is 10.3. The maximum absolute atomic E-state index is 5.25. The zero-order valence-corrected chi connectivity index (χ0v) is 8.21. The molecule has 4 nitrogen and oxygen atoms in total. The summed E-state index contributed by atoms with van der Waals surface area (Å²) in [7, 11) is 1.96. The minimum atomic E-state index is 0.788. The van der Waals surface area contributed by atoms with Crippen molar-refractivity contribution < 1.29 is 4.42 Å². The smallest absolute Gasteiger partial charge is 0.182 e. The van der Waals surface area contributed by atoms with Crippen molar-refractivity contribution in [3.05, 3.63) is 37.0 Å². The fourth-order valence-electron chi connectivity index (χ4n) is 1.69. The summed E-state index contributed by atoms with van der Waals surface area (Å²) >= 11 is 0. The largest absolute Gasteiger partial charge is 0.443 e. The van der Waals surface area contributed by atoms with E-state index in [0.29, 0.717) is 0 Å². The van der Waals surface area contributed by atoms with Crippen LogP contribution >= 0.6 is 0 Å². The van der Waals surface area contributed by atoms with Crippen LogP contribution in [-0.4, -0.2) is 14.5 Å². The highest BCUT2D eigenvalue weighted by Crippen LogP contribution is 2.25. The van der Waals surface area contributed by atoms with Crippen molar-refractivity contribution in [2.45, 2.75) is 0 Å². The molecule has 74 valence electrons. The van der Waals surface area contributed by atoms with E-state index in [1.807, 2.05) is 36.0 Å². The Labute approximate surface area is 86.2 Å². The minimum Gasteiger partial charge on any atom is -0.443 e. The predicted molar refractivity (Wildman–Crippen MR) is 56.2 cm³/mol.